The van der Waals surface area contributed by atoms with Crippen LogP contribution in [0.2, 0.25) is 0 Å². The summed E-state index contributed by atoms with van der Waals surface area (Å²) in [7, 11) is 2.15. The lowest BCUT2D eigenvalue weighted by atomic mass is 9.84. The third-order valence-electron chi connectivity index (χ3n) is 5.79. The molecule has 0 aromatic rings. The Kier molecular flexibility index (Phi) is 4.32. The van der Waals surface area contributed by atoms with Crippen LogP contribution in [-0.2, 0) is 4.79 Å². The Bertz CT molecular complexity index is 352. The molecule has 2 saturated carbocycles. The van der Waals surface area contributed by atoms with Crippen LogP contribution in [0.15, 0.2) is 0 Å². The molecule has 1 N–H and O–H groups in total. The Balaban J connectivity index is 1.42. The Hall–Kier alpha value is -0.610. The minimum Gasteiger partial charge on any atom is -0.352 e. The second-order valence-electron chi connectivity index (χ2n) is 7.27. The lowest BCUT2D eigenvalue weighted by Crippen LogP contribution is -2.50. The van der Waals surface area contributed by atoms with Crippen molar-refractivity contribution in [3.05, 3.63) is 0 Å². The molecule has 1 heterocycles. The lowest BCUT2D eigenvalue weighted by molar-refractivity contribution is -0.123. The Morgan fingerprint density at radius 1 is 1.20 bits per heavy atom. The zero-order valence-electron chi connectivity index (χ0n) is 13.0. The summed E-state index contributed by atoms with van der Waals surface area (Å²) in [6.07, 6.45) is 5.60. The molecule has 1 amide bonds. The quantitative estimate of drug-likeness (QED) is 0.839. The molecular weight excluding hydrogens is 250 g/mol. The van der Waals surface area contributed by atoms with Gasteiger partial charge in [-0.1, -0.05) is 6.42 Å². The molecule has 0 aromatic heterocycles. The number of likely N-dealkylation sites (N-methyl/N-ethyl adjacent to an activating group) is 1. The fraction of sp³-hybridized carbons (Fsp3) is 0.938. The van der Waals surface area contributed by atoms with E-state index in [1.54, 1.807) is 0 Å². The number of piperazine rings is 1. The Labute approximate surface area is 122 Å². The third-order valence-corrected chi connectivity index (χ3v) is 5.79. The number of hydrogen-bond donors (Lipinski definition) is 1. The summed E-state index contributed by atoms with van der Waals surface area (Å²) in [5.41, 5.74) is 0. The van der Waals surface area contributed by atoms with Crippen molar-refractivity contribution in [2.24, 2.45) is 17.8 Å². The molecule has 4 heteroatoms. The van der Waals surface area contributed by atoms with Gasteiger partial charge in [-0.25, -0.2) is 0 Å². The SMILES string of the molecule is C[C@@H](NC(=O)CN1CCN(C)CC1)[C@@H]1C[C@H]2CC[C@H]1C2. The van der Waals surface area contributed by atoms with Crippen LogP contribution in [-0.4, -0.2) is 61.5 Å². The van der Waals surface area contributed by atoms with E-state index in [1.807, 2.05) is 0 Å². The van der Waals surface area contributed by atoms with Crippen molar-refractivity contribution in [2.75, 3.05) is 39.8 Å². The van der Waals surface area contributed by atoms with Crippen LogP contribution < -0.4 is 5.32 Å². The minimum absolute atomic E-state index is 0.227. The number of carbonyl (C=O) groups excluding carboxylic acids is 1. The van der Waals surface area contributed by atoms with Gasteiger partial charge in [0.15, 0.2) is 0 Å². The number of nitrogens with one attached hydrogen (secondary N) is 1. The maximum absolute atomic E-state index is 12.2. The number of rotatable bonds is 4. The van der Waals surface area contributed by atoms with E-state index in [2.05, 4.69) is 29.1 Å². The fourth-order valence-electron chi connectivity index (χ4n) is 4.52. The van der Waals surface area contributed by atoms with Crippen molar-refractivity contribution in [2.45, 2.75) is 38.6 Å². The first-order valence-corrected chi connectivity index (χ1v) is 8.32. The van der Waals surface area contributed by atoms with Crippen molar-refractivity contribution in [3.8, 4) is 0 Å². The van der Waals surface area contributed by atoms with Crippen LogP contribution >= 0.6 is 0 Å². The van der Waals surface area contributed by atoms with Gasteiger partial charge in [-0.3, -0.25) is 9.69 Å². The first-order valence-electron chi connectivity index (χ1n) is 8.32. The molecule has 4 atom stereocenters. The normalized spacial score (nSPS) is 36.2. The zero-order chi connectivity index (χ0) is 14.1. The van der Waals surface area contributed by atoms with E-state index in [-0.39, 0.29) is 5.91 Å². The monoisotopic (exact) mass is 279 g/mol. The number of carbonyl (C=O) groups is 1. The van der Waals surface area contributed by atoms with Crippen LogP contribution in [0.5, 0.6) is 0 Å². The second-order valence-corrected chi connectivity index (χ2v) is 7.27. The van der Waals surface area contributed by atoms with E-state index in [9.17, 15) is 4.79 Å². The van der Waals surface area contributed by atoms with Crippen LogP contribution in [0.1, 0.15) is 32.6 Å². The first kappa shape index (κ1) is 14.3. The molecule has 3 rings (SSSR count). The molecule has 114 valence electrons. The third kappa shape index (κ3) is 3.17. The summed E-state index contributed by atoms with van der Waals surface area (Å²) in [6.45, 7) is 7.00. The van der Waals surface area contributed by atoms with Crippen LogP contribution in [0.3, 0.4) is 0 Å². The molecular formula is C16H29N3O. The highest BCUT2D eigenvalue weighted by Crippen LogP contribution is 2.49. The van der Waals surface area contributed by atoms with E-state index < -0.39 is 0 Å². The lowest BCUT2D eigenvalue weighted by Gasteiger charge is -2.33. The average Bonchev–Trinajstić information content (AvgIpc) is 3.03. The molecule has 1 aliphatic heterocycles. The summed E-state index contributed by atoms with van der Waals surface area (Å²) in [4.78, 5) is 16.8. The van der Waals surface area contributed by atoms with Crippen molar-refractivity contribution < 1.29 is 4.79 Å². The molecule has 0 radical (unpaired) electrons. The van der Waals surface area contributed by atoms with Gasteiger partial charge in [0.25, 0.3) is 0 Å². The molecule has 0 spiro atoms. The van der Waals surface area contributed by atoms with Crippen molar-refractivity contribution in [1.82, 2.24) is 15.1 Å². The largest absolute Gasteiger partial charge is 0.352 e. The molecule has 3 aliphatic rings. The summed E-state index contributed by atoms with van der Waals surface area (Å²) >= 11 is 0. The molecule has 0 unspecified atom stereocenters. The highest BCUT2D eigenvalue weighted by molar-refractivity contribution is 5.78. The van der Waals surface area contributed by atoms with Gasteiger partial charge in [-0.05, 0) is 51.0 Å². The van der Waals surface area contributed by atoms with Gasteiger partial charge >= 0.3 is 0 Å². The molecule has 0 aromatic carbocycles. The van der Waals surface area contributed by atoms with Crippen molar-refractivity contribution in [1.29, 1.82) is 0 Å². The summed E-state index contributed by atoms with van der Waals surface area (Å²) < 4.78 is 0. The van der Waals surface area contributed by atoms with Gasteiger partial charge < -0.3 is 10.2 Å². The van der Waals surface area contributed by atoms with E-state index >= 15 is 0 Å². The van der Waals surface area contributed by atoms with Crippen LogP contribution in [0, 0.1) is 17.8 Å². The predicted molar refractivity (Wildman–Crippen MR) is 80.5 cm³/mol. The van der Waals surface area contributed by atoms with Gasteiger partial charge in [0, 0.05) is 32.2 Å². The van der Waals surface area contributed by atoms with Crippen molar-refractivity contribution >= 4 is 5.91 Å². The van der Waals surface area contributed by atoms with Gasteiger partial charge in [0.1, 0.15) is 0 Å². The number of nitrogens with zero attached hydrogens (tertiary/aromatic N) is 2. The molecule has 20 heavy (non-hydrogen) atoms. The van der Waals surface area contributed by atoms with Crippen LogP contribution in [0.4, 0.5) is 0 Å². The molecule has 3 fully saturated rings. The fourth-order valence-corrected chi connectivity index (χ4v) is 4.52. The molecule has 2 bridgehead atoms. The van der Waals surface area contributed by atoms with Gasteiger partial charge in [-0.2, -0.15) is 0 Å². The molecule has 1 saturated heterocycles. The second kappa shape index (κ2) is 6.02. The van der Waals surface area contributed by atoms with E-state index in [1.165, 1.54) is 25.7 Å². The molecule has 4 nitrogen and oxygen atoms in total. The van der Waals surface area contributed by atoms with Gasteiger partial charge in [-0.15, -0.1) is 0 Å². The molecule has 2 aliphatic carbocycles. The Morgan fingerprint density at radius 3 is 2.55 bits per heavy atom. The van der Waals surface area contributed by atoms with Gasteiger partial charge in [0.05, 0.1) is 6.54 Å². The Morgan fingerprint density at radius 2 is 1.95 bits per heavy atom. The standard InChI is InChI=1S/C16H29N3O/c1-12(15-10-13-3-4-14(15)9-13)17-16(20)11-19-7-5-18(2)6-8-19/h12-15H,3-11H2,1-2H3,(H,17,20)/t12-,13+,14+,15+/m1/s1. The average molecular weight is 279 g/mol. The highest BCUT2D eigenvalue weighted by atomic mass is 16.2. The highest BCUT2D eigenvalue weighted by Gasteiger charge is 2.42. The number of hydrogen-bond acceptors (Lipinski definition) is 3. The smallest absolute Gasteiger partial charge is 0.234 e. The summed E-state index contributed by atoms with van der Waals surface area (Å²) in [5, 5.41) is 3.27. The van der Waals surface area contributed by atoms with E-state index in [0.29, 0.717) is 12.6 Å². The van der Waals surface area contributed by atoms with E-state index in [4.69, 9.17) is 0 Å². The maximum Gasteiger partial charge on any atom is 0.234 e. The topological polar surface area (TPSA) is 35.6 Å². The van der Waals surface area contributed by atoms with Crippen LogP contribution in [0.25, 0.3) is 0 Å². The number of fused-ring (bicyclic) bond motifs is 2. The number of amides is 1. The predicted octanol–water partition coefficient (Wildman–Crippen LogP) is 1.17. The zero-order valence-corrected chi connectivity index (χ0v) is 13.0. The maximum atomic E-state index is 12.2. The minimum atomic E-state index is 0.227. The van der Waals surface area contributed by atoms with Crippen molar-refractivity contribution in [3.63, 3.8) is 0 Å². The van der Waals surface area contributed by atoms with E-state index in [0.717, 1.165) is 43.9 Å². The first-order chi connectivity index (χ1) is 9.61. The van der Waals surface area contributed by atoms with Gasteiger partial charge in [0.2, 0.25) is 5.91 Å². The summed E-state index contributed by atoms with van der Waals surface area (Å²) in [6, 6.07) is 0.366. The summed E-state index contributed by atoms with van der Waals surface area (Å²) in [5.74, 6) is 2.82.